The number of hydrogen-bond donors (Lipinski definition) is 3. The average Bonchev–Trinajstić information content (AvgIpc) is 2.75. The lowest BCUT2D eigenvalue weighted by molar-refractivity contribution is -0.114. The van der Waals surface area contributed by atoms with Gasteiger partial charge in [0.15, 0.2) is 0 Å². The second-order valence-corrected chi connectivity index (χ2v) is 8.34. The van der Waals surface area contributed by atoms with E-state index >= 15 is 4.39 Å². The van der Waals surface area contributed by atoms with Crippen molar-refractivity contribution in [2.24, 2.45) is 0 Å². The number of nitrogens with one attached hydrogen (secondary N) is 3. The maximum absolute atomic E-state index is 15.1. The summed E-state index contributed by atoms with van der Waals surface area (Å²) in [6, 6.07) is 11.2. The van der Waals surface area contributed by atoms with E-state index in [9.17, 15) is 14.0 Å². The lowest BCUT2D eigenvalue weighted by atomic mass is 9.92. The van der Waals surface area contributed by atoms with Crippen LogP contribution in [0, 0.1) is 5.82 Å². The van der Waals surface area contributed by atoms with Crippen molar-refractivity contribution in [3.8, 4) is 0 Å². The molecule has 32 heavy (non-hydrogen) atoms. The number of carbonyl (C=O) groups excluding carboxylic acids is 2. The first-order valence-corrected chi connectivity index (χ1v) is 10.9. The molecule has 1 heterocycles. The molecule has 6 nitrogen and oxygen atoms in total. The van der Waals surface area contributed by atoms with Gasteiger partial charge in [0.25, 0.3) is 5.91 Å². The van der Waals surface area contributed by atoms with Gasteiger partial charge in [-0.2, -0.15) is 0 Å². The molecule has 0 radical (unpaired) electrons. The number of amides is 2. The Kier molecular flexibility index (Phi) is 8.04. The summed E-state index contributed by atoms with van der Waals surface area (Å²) in [5, 5.41) is 8.99. The van der Waals surface area contributed by atoms with Gasteiger partial charge >= 0.3 is 0 Å². The van der Waals surface area contributed by atoms with E-state index in [-0.39, 0.29) is 36.2 Å². The molecule has 1 aliphatic heterocycles. The van der Waals surface area contributed by atoms with Crippen molar-refractivity contribution in [3.63, 3.8) is 0 Å². The topological polar surface area (TPSA) is 73.5 Å². The lowest BCUT2D eigenvalue weighted by Crippen LogP contribution is -2.49. The lowest BCUT2D eigenvalue weighted by Gasteiger charge is -2.36. The summed E-state index contributed by atoms with van der Waals surface area (Å²) in [4.78, 5) is 25.3. The fraction of sp³-hybridized carbons (Fsp3) is 0.391. The summed E-state index contributed by atoms with van der Waals surface area (Å²) in [6.45, 7) is 3.39. The van der Waals surface area contributed by atoms with E-state index in [0.717, 1.165) is 11.8 Å². The summed E-state index contributed by atoms with van der Waals surface area (Å²) in [6.07, 6.45) is 0.458. The fourth-order valence-corrected chi connectivity index (χ4v) is 3.80. The average molecular weight is 465 g/mol. The van der Waals surface area contributed by atoms with E-state index in [4.69, 9.17) is 11.6 Å². The van der Waals surface area contributed by atoms with E-state index in [1.165, 1.54) is 19.1 Å². The Hall–Kier alpha value is -2.71. The quantitative estimate of drug-likeness (QED) is 0.515. The zero-order chi connectivity index (χ0) is 23.1. The van der Waals surface area contributed by atoms with Crippen molar-refractivity contribution < 1.29 is 18.4 Å². The van der Waals surface area contributed by atoms with Gasteiger partial charge in [-0.25, -0.2) is 8.78 Å². The van der Waals surface area contributed by atoms with Gasteiger partial charge in [-0.3, -0.25) is 9.59 Å². The summed E-state index contributed by atoms with van der Waals surface area (Å²) >= 11 is 5.76. The highest BCUT2D eigenvalue weighted by molar-refractivity contribution is 6.31. The molecule has 0 aliphatic carbocycles. The largest absolute Gasteiger partial charge is 0.384 e. The highest BCUT2D eigenvalue weighted by Gasteiger charge is 2.35. The number of anilines is 2. The molecule has 0 spiro atoms. The van der Waals surface area contributed by atoms with Crippen LogP contribution >= 0.6 is 11.6 Å². The second-order valence-electron chi connectivity index (χ2n) is 7.94. The molecule has 2 amide bonds. The minimum Gasteiger partial charge on any atom is -0.384 e. The Morgan fingerprint density at radius 1 is 1.09 bits per heavy atom. The molecule has 0 aromatic heterocycles. The van der Waals surface area contributed by atoms with Gasteiger partial charge in [-0.05, 0) is 36.4 Å². The molecule has 1 aliphatic rings. The summed E-state index contributed by atoms with van der Waals surface area (Å²) < 4.78 is 28.4. The predicted molar refractivity (Wildman–Crippen MR) is 122 cm³/mol. The maximum Gasteiger partial charge on any atom is 0.253 e. The number of hydrogen-bond acceptors (Lipinski definition) is 4. The van der Waals surface area contributed by atoms with Gasteiger partial charge < -0.3 is 20.9 Å². The molecule has 9 heteroatoms. The number of rotatable bonds is 8. The molecule has 2 aromatic carbocycles. The second kappa shape index (κ2) is 10.7. The third-order valence-corrected chi connectivity index (χ3v) is 5.66. The molecule has 0 unspecified atom stereocenters. The number of carbonyl (C=O) groups is 2. The molecular formula is C23H27ClF2N4O2. The minimum atomic E-state index is -1.39. The molecule has 1 fully saturated rings. The summed E-state index contributed by atoms with van der Waals surface area (Å²) in [5.41, 5.74) is 0.486. The Labute approximate surface area is 191 Å². The number of halogens is 3. The first-order valence-electron chi connectivity index (χ1n) is 10.5. The molecule has 2 aromatic rings. The molecule has 0 atom stereocenters. The van der Waals surface area contributed by atoms with Crippen molar-refractivity contribution in [2.75, 3.05) is 43.4 Å². The van der Waals surface area contributed by atoms with Gasteiger partial charge in [0.05, 0.1) is 5.02 Å². The summed E-state index contributed by atoms with van der Waals surface area (Å²) in [7, 11) is 0. The highest BCUT2D eigenvalue weighted by Crippen LogP contribution is 2.27. The first-order chi connectivity index (χ1) is 15.3. The monoisotopic (exact) mass is 464 g/mol. The van der Waals surface area contributed by atoms with E-state index in [1.807, 2.05) is 18.2 Å². The molecule has 3 N–H and O–H groups in total. The van der Waals surface area contributed by atoms with Crippen LogP contribution in [0.2, 0.25) is 5.02 Å². The van der Waals surface area contributed by atoms with Crippen LogP contribution in [-0.4, -0.2) is 55.1 Å². The van der Waals surface area contributed by atoms with E-state index in [0.29, 0.717) is 37.4 Å². The molecular weight excluding hydrogens is 438 g/mol. The normalized spacial score (nSPS) is 15.3. The van der Waals surface area contributed by atoms with E-state index in [2.05, 4.69) is 16.0 Å². The molecule has 0 saturated carbocycles. The van der Waals surface area contributed by atoms with Gasteiger partial charge in [-0.15, -0.1) is 0 Å². The third kappa shape index (κ3) is 6.64. The standard InChI is InChI=1S/C23H27ClF2N4O2/c1-16(31)29-19-4-2-3-18(14-19)28-10-9-27-15-23(26)7-11-30(12-8-23)22(32)17-5-6-21(25)20(24)13-17/h2-6,13-14,27-28H,7-12,15H2,1H3,(H,29,31). The smallest absolute Gasteiger partial charge is 0.253 e. The van der Waals surface area contributed by atoms with Crippen LogP contribution in [-0.2, 0) is 4.79 Å². The molecule has 3 rings (SSSR count). The Morgan fingerprint density at radius 2 is 1.81 bits per heavy atom. The number of likely N-dealkylation sites (tertiary alicyclic amines) is 1. The third-order valence-electron chi connectivity index (χ3n) is 5.37. The van der Waals surface area contributed by atoms with Crippen LogP contribution < -0.4 is 16.0 Å². The van der Waals surface area contributed by atoms with Crippen LogP contribution in [0.5, 0.6) is 0 Å². The molecule has 0 bridgehead atoms. The predicted octanol–water partition coefficient (Wildman–Crippen LogP) is 4.08. The van der Waals surface area contributed by atoms with E-state index < -0.39 is 11.5 Å². The van der Waals surface area contributed by atoms with Crippen LogP contribution in [0.3, 0.4) is 0 Å². The van der Waals surface area contributed by atoms with Crippen LogP contribution in [0.4, 0.5) is 20.2 Å². The van der Waals surface area contributed by atoms with Crippen molar-refractivity contribution in [1.82, 2.24) is 10.2 Å². The number of alkyl halides is 1. The zero-order valence-electron chi connectivity index (χ0n) is 17.9. The molecule has 172 valence electrons. The zero-order valence-corrected chi connectivity index (χ0v) is 18.6. The Balaban J connectivity index is 1.39. The Bertz CT molecular complexity index is 965. The number of benzene rings is 2. The highest BCUT2D eigenvalue weighted by atomic mass is 35.5. The van der Waals surface area contributed by atoms with E-state index in [1.54, 1.807) is 11.0 Å². The first kappa shape index (κ1) is 23.9. The van der Waals surface area contributed by atoms with Crippen LogP contribution in [0.15, 0.2) is 42.5 Å². The fourth-order valence-electron chi connectivity index (χ4n) is 3.62. The number of nitrogens with zero attached hydrogens (tertiary/aromatic N) is 1. The van der Waals surface area contributed by atoms with Crippen molar-refractivity contribution in [1.29, 1.82) is 0 Å². The van der Waals surface area contributed by atoms with Gasteiger partial charge in [-0.1, -0.05) is 17.7 Å². The Morgan fingerprint density at radius 3 is 2.50 bits per heavy atom. The van der Waals surface area contributed by atoms with Crippen molar-refractivity contribution in [2.45, 2.75) is 25.4 Å². The SMILES string of the molecule is CC(=O)Nc1cccc(NCCNCC2(F)CCN(C(=O)c3ccc(F)c(Cl)c3)CC2)c1. The van der Waals surface area contributed by atoms with Gasteiger partial charge in [0.1, 0.15) is 11.5 Å². The van der Waals surface area contributed by atoms with Crippen LogP contribution in [0.1, 0.15) is 30.1 Å². The van der Waals surface area contributed by atoms with Crippen LogP contribution in [0.25, 0.3) is 0 Å². The molecule has 1 saturated heterocycles. The van der Waals surface area contributed by atoms with Gasteiger partial charge in [0.2, 0.25) is 5.91 Å². The van der Waals surface area contributed by atoms with Gasteiger partial charge in [0, 0.05) is 69.4 Å². The number of piperidine rings is 1. The minimum absolute atomic E-state index is 0.104. The maximum atomic E-state index is 15.1. The summed E-state index contributed by atoms with van der Waals surface area (Å²) in [5.74, 6) is -0.982. The van der Waals surface area contributed by atoms with Crippen molar-refractivity contribution >= 4 is 34.8 Å². The van der Waals surface area contributed by atoms with Crippen molar-refractivity contribution in [3.05, 3.63) is 58.9 Å².